The molecule has 14 N–H and O–H groups in total. The molecule has 56 heavy (non-hydrogen) atoms. The van der Waals surface area contributed by atoms with E-state index in [9.17, 15) is 77.3 Å². The van der Waals surface area contributed by atoms with E-state index in [4.69, 9.17) is 30.6 Å². The zero-order chi connectivity index (χ0) is 43.4. The molecule has 0 aliphatic rings. The highest BCUT2D eigenvalue weighted by Crippen LogP contribution is 2.05. The van der Waals surface area contributed by atoms with Crippen molar-refractivity contribution in [1.29, 1.82) is 0 Å². The van der Waals surface area contributed by atoms with Crippen molar-refractivity contribution in [1.82, 2.24) is 31.9 Å². The smallest absolute Gasteiger partial charge is 0.326 e. The summed E-state index contributed by atoms with van der Waals surface area (Å²) in [6, 6.07) is -12.7. The minimum Gasteiger partial charge on any atom is -0.481 e. The molecule has 0 fully saturated rings. The van der Waals surface area contributed by atoms with Gasteiger partial charge in [0, 0.05) is 12.8 Å². The lowest BCUT2D eigenvalue weighted by Crippen LogP contribution is -2.55. The van der Waals surface area contributed by atoms with Gasteiger partial charge in [-0.1, -0.05) is 0 Å². The van der Waals surface area contributed by atoms with Gasteiger partial charge in [0.25, 0.3) is 0 Å². The highest BCUT2D eigenvalue weighted by Gasteiger charge is 2.34. The third-order valence-corrected chi connectivity index (χ3v) is 6.67. The quantitative estimate of drug-likeness (QED) is 0.0367. The average Bonchev–Trinajstić information content (AvgIpc) is 3.04. The fourth-order valence-electron chi connectivity index (χ4n) is 4.10. The maximum atomic E-state index is 12.9. The van der Waals surface area contributed by atoms with E-state index in [1.54, 1.807) is 21.3 Å². The molecule has 0 aliphatic carbocycles. The van der Waals surface area contributed by atoms with E-state index in [-0.39, 0.29) is 0 Å². The van der Waals surface area contributed by atoms with Crippen LogP contribution in [-0.2, 0) is 67.1 Å². The molecule has 0 heterocycles. The van der Waals surface area contributed by atoms with E-state index in [1.165, 1.54) is 0 Å². The van der Waals surface area contributed by atoms with Crippen LogP contribution in [0.5, 0.6) is 0 Å². The molecule has 310 valence electrons. The van der Waals surface area contributed by atoms with Crippen molar-refractivity contribution in [2.45, 2.75) is 87.6 Å². The molecule has 28 nitrogen and oxygen atoms in total. The Morgan fingerprint density at radius 3 is 0.714 bits per heavy atom. The van der Waals surface area contributed by atoms with Gasteiger partial charge in [-0.15, -0.1) is 0 Å². The summed E-state index contributed by atoms with van der Waals surface area (Å²) in [5, 5.41) is 83.1. The minimum atomic E-state index is -2.14. The second-order valence-electron chi connectivity index (χ2n) is 11.3. The Kier molecular flexibility index (Phi) is 20.2. The Hall–Kier alpha value is -7.42. The summed E-state index contributed by atoms with van der Waals surface area (Å²) < 4.78 is 0. The highest BCUT2D eigenvalue weighted by molar-refractivity contribution is 5.98. The molecule has 0 saturated heterocycles. The molecule has 6 amide bonds. The minimum absolute atomic E-state index is 0.984. The summed E-state index contributed by atoms with van der Waals surface area (Å²) in [7, 11) is 0. The first kappa shape index (κ1) is 48.6. The normalized spacial score (nSPS) is 13.6. The van der Waals surface area contributed by atoms with Crippen LogP contribution in [0.25, 0.3) is 0 Å². The summed E-state index contributed by atoms with van der Waals surface area (Å²) in [6.45, 7) is 0. The average molecular weight is 809 g/mol. The van der Waals surface area contributed by atoms with Gasteiger partial charge in [-0.3, -0.25) is 47.9 Å². The van der Waals surface area contributed by atoms with Crippen LogP contribution in [0.4, 0.5) is 0 Å². The molecular formula is C28H36N6O22. The second kappa shape index (κ2) is 23.3. The fraction of sp³-hybridized carbons (Fsp3) is 0.500. The number of hydrogen-bond acceptors (Lipinski definition) is 14. The van der Waals surface area contributed by atoms with E-state index in [0.717, 1.165) is 0 Å². The fourth-order valence-corrected chi connectivity index (χ4v) is 4.10. The third kappa shape index (κ3) is 20.0. The van der Waals surface area contributed by atoms with Gasteiger partial charge in [0.15, 0.2) is 0 Å². The van der Waals surface area contributed by atoms with Crippen LogP contribution in [0.15, 0.2) is 0 Å². The van der Waals surface area contributed by atoms with E-state index < -0.39 is 171 Å². The SMILES string of the molecule is O=C(O)CC(NC(=O)CC(NC(=O)CCC(=O)NC(CC(=O)NC(CC(=O)O)C(=O)O)C(=O)NC(CC(=O)O)C(=O)O)C(=O)NC(CC(=O)O)C(=O)O)C(=O)O. The molecule has 6 unspecified atom stereocenters. The molecule has 0 radical (unpaired) electrons. The van der Waals surface area contributed by atoms with E-state index in [0.29, 0.717) is 0 Å². The number of hydrogen-bond donors (Lipinski definition) is 14. The van der Waals surface area contributed by atoms with Gasteiger partial charge < -0.3 is 72.8 Å². The molecule has 0 rings (SSSR count). The number of carboxylic acid groups (broad SMARTS) is 8. The van der Waals surface area contributed by atoms with Crippen LogP contribution in [0.2, 0.25) is 0 Å². The van der Waals surface area contributed by atoms with Crippen LogP contribution in [0, 0.1) is 0 Å². The van der Waals surface area contributed by atoms with Crippen LogP contribution >= 0.6 is 0 Å². The van der Waals surface area contributed by atoms with Crippen molar-refractivity contribution in [2.75, 3.05) is 0 Å². The molecule has 6 atom stereocenters. The maximum Gasteiger partial charge on any atom is 0.326 e. The second-order valence-corrected chi connectivity index (χ2v) is 11.3. The van der Waals surface area contributed by atoms with Gasteiger partial charge >= 0.3 is 47.8 Å². The Morgan fingerprint density at radius 2 is 0.500 bits per heavy atom. The van der Waals surface area contributed by atoms with E-state index in [2.05, 4.69) is 0 Å². The van der Waals surface area contributed by atoms with Crippen molar-refractivity contribution in [3.63, 3.8) is 0 Å². The predicted octanol–water partition coefficient (Wildman–Crippen LogP) is -6.31. The molecule has 0 spiro atoms. The first-order valence-electron chi connectivity index (χ1n) is 15.4. The monoisotopic (exact) mass is 808 g/mol. The lowest BCUT2D eigenvalue weighted by Gasteiger charge is -2.22. The van der Waals surface area contributed by atoms with Crippen LogP contribution < -0.4 is 31.9 Å². The van der Waals surface area contributed by atoms with Crippen LogP contribution in [0.1, 0.15) is 51.4 Å². The lowest BCUT2D eigenvalue weighted by atomic mass is 10.1. The van der Waals surface area contributed by atoms with Crippen LogP contribution in [-0.4, -0.2) is 160 Å². The zero-order valence-corrected chi connectivity index (χ0v) is 28.4. The summed E-state index contributed by atoms with van der Waals surface area (Å²) in [4.78, 5) is 166. The summed E-state index contributed by atoms with van der Waals surface area (Å²) in [5.41, 5.74) is 0. The van der Waals surface area contributed by atoms with Gasteiger partial charge in [0.1, 0.15) is 36.3 Å². The number of nitrogens with one attached hydrogen (secondary N) is 6. The van der Waals surface area contributed by atoms with Gasteiger partial charge in [-0.25, -0.2) is 19.2 Å². The van der Waals surface area contributed by atoms with E-state index in [1.807, 2.05) is 10.6 Å². The Bertz CT molecular complexity index is 1500. The van der Waals surface area contributed by atoms with Gasteiger partial charge in [0.05, 0.1) is 38.5 Å². The summed E-state index contributed by atoms with van der Waals surface area (Å²) in [6.07, 6.45) is -9.13. The first-order valence-corrected chi connectivity index (χ1v) is 15.4. The molecule has 0 bridgehead atoms. The predicted molar refractivity (Wildman–Crippen MR) is 170 cm³/mol. The topological polar surface area (TPSA) is 473 Å². The Labute approximate surface area is 311 Å². The van der Waals surface area contributed by atoms with Gasteiger partial charge in [0.2, 0.25) is 35.4 Å². The van der Waals surface area contributed by atoms with Crippen LogP contribution in [0.3, 0.4) is 0 Å². The molecule has 0 aliphatic heterocycles. The van der Waals surface area contributed by atoms with E-state index >= 15 is 0 Å². The molecular weight excluding hydrogens is 772 g/mol. The number of aliphatic carboxylic acids is 8. The van der Waals surface area contributed by atoms with Gasteiger partial charge in [-0.2, -0.15) is 0 Å². The highest BCUT2D eigenvalue weighted by atomic mass is 16.4. The number of amides is 6. The Morgan fingerprint density at radius 1 is 0.286 bits per heavy atom. The molecule has 0 aromatic heterocycles. The van der Waals surface area contributed by atoms with Crippen molar-refractivity contribution in [3.8, 4) is 0 Å². The van der Waals surface area contributed by atoms with Crippen molar-refractivity contribution >= 4 is 83.2 Å². The molecule has 0 aromatic carbocycles. The molecule has 0 aromatic rings. The van der Waals surface area contributed by atoms with Gasteiger partial charge in [-0.05, 0) is 0 Å². The zero-order valence-electron chi connectivity index (χ0n) is 28.4. The number of carbonyl (C=O) groups excluding carboxylic acids is 6. The lowest BCUT2D eigenvalue weighted by molar-refractivity contribution is -0.148. The largest absolute Gasteiger partial charge is 0.481 e. The third-order valence-electron chi connectivity index (χ3n) is 6.67. The molecule has 28 heteroatoms. The summed E-state index contributed by atoms with van der Waals surface area (Å²) >= 11 is 0. The molecule has 0 saturated carbocycles. The number of rotatable bonds is 27. The van der Waals surface area contributed by atoms with Crippen molar-refractivity contribution in [3.05, 3.63) is 0 Å². The Balaban J connectivity index is 6.17. The first-order chi connectivity index (χ1) is 25.8. The number of carboxylic acids is 8. The standard InChI is InChI=1S/C28H36N6O22/c35-15(29-9(23(47)33-13(27(53)54)7-21(43)44)3-17(37)31-11(25(49)50)5-19(39)40)1-2-16(36)30-10(24(48)34-14(28(55)56)8-22(45)46)4-18(38)32-12(26(51)52)6-20(41)42/h9-14H,1-8H2,(H,29,35)(H,30,36)(H,31,37)(H,32,38)(H,33,47)(H,34,48)(H,39,40)(H,41,42)(H,43,44)(H,45,46)(H,49,50)(H,51,52)(H,53,54)(H,55,56). The number of carbonyl (C=O) groups is 14. The van der Waals surface area contributed by atoms with Crippen molar-refractivity contribution < 1.29 is 108 Å². The summed E-state index contributed by atoms with van der Waals surface area (Å²) in [5.74, 6) is -22.7. The van der Waals surface area contributed by atoms with Crippen molar-refractivity contribution in [2.24, 2.45) is 0 Å². The maximum absolute atomic E-state index is 12.9.